The summed E-state index contributed by atoms with van der Waals surface area (Å²) < 4.78 is 16.5. The van der Waals surface area contributed by atoms with Gasteiger partial charge in [0, 0.05) is 18.7 Å². The predicted molar refractivity (Wildman–Crippen MR) is 115 cm³/mol. The van der Waals surface area contributed by atoms with Crippen LogP contribution in [-0.4, -0.2) is 25.7 Å². The molecule has 6 nitrogen and oxygen atoms in total. The van der Waals surface area contributed by atoms with Crippen LogP contribution in [0.15, 0.2) is 18.2 Å². The maximum atomic E-state index is 14.6. The van der Waals surface area contributed by atoms with Crippen LogP contribution in [0, 0.1) is 5.82 Å². The maximum Gasteiger partial charge on any atom is 0.275 e. The first kappa shape index (κ1) is 21.3. The summed E-state index contributed by atoms with van der Waals surface area (Å²) in [6.45, 7) is 0.717. The predicted octanol–water partition coefficient (Wildman–Crippen LogP) is 6.07. The zero-order valence-corrected chi connectivity index (χ0v) is 18.4. The van der Waals surface area contributed by atoms with E-state index in [9.17, 15) is 9.18 Å². The number of nitrogens with zero attached hydrogens (tertiary/aromatic N) is 4. The molecule has 4 rings (SSSR count). The summed E-state index contributed by atoms with van der Waals surface area (Å²) in [4.78, 5) is 16.6. The molecule has 0 spiro atoms. The number of carbonyl (C=O) groups is 1. The minimum absolute atomic E-state index is 0.0450. The van der Waals surface area contributed by atoms with Crippen molar-refractivity contribution in [3.8, 4) is 11.4 Å². The van der Waals surface area contributed by atoms with Crippen LogP contribution in [-0.2, 0) is 13.0 Å². The Morgan fingerprint density at radius 1 is 1.03 bits per heavy atom. The molecule has 0 saturated heterocycles. The third kappa shape index (κ3) is 3.99. The van der Waals surface area contributed by atoms with E-state index in [-0.39, 0.29) is 31.5 Å². The number of pyridine rings is 1. The Morgan fingerprint density at radius 3 is 2.63 bits per heavy atom. The van der Waals surface area contributed by atoms with Crippen LogP contribution in [0.3, 0.4) is 0 Å². The summed E-state index contributed by atoms with van der Waals surface area (Å²) in [7, 11) is 0. The minimum Gasteiger partial charge on any atom is -0.321 e. The smallest absolute Gasteiger partial charge is 0.275 e. The molecule has 0 unspecified atom stereocenters. The Morgan fingerprint density at radius 2 is 1.83 bits per heavy atom. The van der Waals surface area contributed by atoms with Gasteiger partial charge in [-0.1, -0.05) is 52.8 Å². The number of anilines is 1. The van der Waals surface area contributed by atoms with Crippen molar-refractivity contribution in [3.63, 3.8) is 0 Å². The van der Waals surface area contributed by atoms with Crippen molar-refractivity contribution in [3.05, 3.63) is 55.8 Å². The van der Waals surface area contributed by atoms with Crippen LogP contribution < -0.4 is 5.32 Å². The summed E-state index contributed by atoms with van der Waals surface area (Å²) in [5, 5.41) is 10.6. The summed E-state index contributed by atoms with van der Waals surface area (Å²) in [6, 6.07) is 4.16. The Kier molecular flexibility index (Phi) is 6.16. The lowest BCUT2D eigenvalue weighted by Crippen LogP contribution is -2.15. The van der Waals surface area contributed by atoms with Crippen molar-refractivity contribution >= 4 is 58.0 Å². The van der Waals surface area contributed by atoms with Crippen molar-refractivity contribution in [2.75, 3.05) is 5.32 Å². The largest absolute Gasteiger partial charge is 0.321 e. The van der Waals surface area contributed by atoms with Gasteiger partial charge in [0.25, 0.3) is 5.91 Å². The fraction of sp³-hybridized carbons (Fsp3) is 0.263. The molecule has 1 aliphatic heterocycles. The fourth-order valence-electron chi connectivity index (χ4n) is 3.29. The molecule has 1 aromatic carbocycles. The number of rotatable bonds is 3. The van der Waals surface area contributed by atoms with E-state index < -0.39 is 11.7 Å². The number of aryl methyl sites for hydroxylation is 1. The summed E-state index contributed by atoms with van der Waals surface area (Å²) >= 11 is 23.9. The number of hydrogen-bond donors (Lipinski definition) is 1. The van der Waals surface area contributed by atoms with Crippen molar-refractivity contribution in [1.82, 2.24) is 19.7 Å². The summed E-state index contributed by atoms with van der Waals surface area (Å²) in [5.41, 5.74) is 0.361. The van der Waals surface area contributed by atoms with Gasteiger partial charge in [0.1, 0.15) is 22.5 Å². The molecule has 0 aliphatic carbocycles. The number of nitrogens with one attached hydrogen (secondary N) is 1. The molecule has 1 amide bonds. The standard InChI is InChI=1S/C19H14Cl4FN5O/c20-13-14(21)16(26-17(23)15(13)22)19(30)25-9-5-6-11(24)10(8-9)18-28-27-12-4-2-1-3-7-29(12)18/h5-6,8H,1-4,7H2,(H,25,30). The Labute approximate surface area is 191 Å². The van der Waals surface area contributed by atoms with Crippen LogP contribution in [0.25, 0.3) is 11.4 Å². The number of hydrogen-bond acceptors (Lipinski definition) is 4. The van der Waals surface area contributed by atoms with E-state index in [0.29, 0.717) is 11.5 Å². The van der Waals surface area contributed by atoms with E-state index in [1.165, 1.54) is 18.2 Å². The lowest BCUT2D eigenvalue weighted by atomic mass is 10.1. The zero-order valence-electron chi connectivity index (χ0n) is 15.4. The SMILES string of the molecule is O=C(Nc1ccc(F)c(-c2nnc3n2CCCCC3)c1)c1nc(Cl)c(Cl)c(Cl)c1Cl. The molecule has 3 aromatic rings. The monoisotopic (exact) mass is 487 g/mol. The van der Waals surface area contributed by atoms with Gasteiger partial charge in [-0.05, 0) is 31.0 Å². The van der Waals surface area contributed by atoms with Gasteiger partial charge in [-0.15, -0.1) is 10.2 Å². The van der Waals surface area contributed by atoms with Gasteiger partial charge in [0.2, 0.25) is 0 Å². The topological polar surface area (TPSA) is 72.7 Å². The molecular formula is C19H14Cl4FN5O. The first-order valence-corrected chi connectivity index (χ1v) is 10.6. The summed E-state index contributed by atoms with van der Waals surface area (Å²) in [5.74, 6) is 0.117. The van der Waals surface area contributed by atoms with E-state index in [0.717, 1.165) is 38.1 Å². The fourth-order valence-corrected chi connectivity index (χ4v) is 4.10. The minimum atomic E-state index is -0.668. The molecule has 1 aliphatic rings. The number of halogens is 5. The van der Waals surface area contributed by atoms with E-state index in [4.69, 9.17) is 46.4 Å². The van der Waals surface area contributed by atoms with Gasteiger partial charge < -0.3 is 9.88 Å². The van der Waals surface area contributed by atoms with E-state index >= 15 is 0 Å². The highest BCUT2D eigenvalue weighted by Gasteiger charge is 2.22. The molecule has 0 radical (unpaired) electrons. The lowest BCUT2D eigenvalue weighted by Gasteiger charge is -2.11. The third-order valence-corrected chi connectivity index (χ3v) is 6.45. The van der Waals surface area contributed by atoms with Crippen molar-refractivity contribution in [1.29, 1.82) is 0 Å². The van der Waals surface area contributed by atoms with E-state index in [2.05, 4.69) is 20.5 Å². The Bertz CT molecular complexity index is 1150. The normalized spacial score (nSPS) is 13.6. The molecule has 0 fully saturated rings. The Hall–Kier alpha value is -1.93. The van der Waals surface area contributed by atoms with E-state index in [1.807, 2.05) is 4.57 Å². The number of carbonyl (C=O) groups excluding carboxylic acids is 1. The molecule has 1 N–H and O–H groups in total. The zero-order chi connectivity index (χ0) is 21.4. The average Bonchev–Trinajstić information content (AvgIpc) is 2.98. The quantitative estimate of drug-likeness (QED) is 0.454. The van der Waals surface area contributed by atoms with Gasteiger partial charge in [-0.25, -0.2) is 9.37 Å². The molecule has 0 atom stereocenters. The maximum absolute atomic E-state index is 14.6. The van der Waals surface area contributed by atoms with Crippen LogP contribution in [0.5, 0.6) is 0 Å². The second-order valence-corrected chi connectivity index (χ2v) is 8.24. The number of fused-ring (bicyclic) bond motifs is 1. The Balaban J connectivity index is 1.67. The van der Waals surface area contributed by atoms with Crippen molar-refractivity contribution in [2.45, 2.75) is 32.2 Å². The highest BCUT2D eigenvalue weighted by Crippen LogP contribution is 2.36. The number of benzene rings is 1. The molecule has 156 valence electrons. The molecular weight excluding hydrogens is 475 g/mol. The van der Waals surface area contributed by atoms with Crippen LogP contribution in [0.1, 0.15) is 35.6 Å². The van der Waals surface area contributed by atoms with Crippen LogP contribution in [0.2, 0.25) is 20.2 Å². The first-order valence-electron chi connectivity index (χ1n) is 9.10. The third-order valence-electron chi connectivity index (χ3n) is 4.77. The van der Waals surface area contributed by atoms with Crippen molar-refractivity contribution in [2.24, 2.45) is 0 Å². The highest BCUT2D eigenvalue weighted by atomic mass is 35.5. The van der Waals surface area contributed by atoms with Gasteiger partial charge in [0.05, 0.1) is 20.6 Å². The van der Waals surface area contributed by atoms with Crippen LogP contribution >= 0.6 is 46.4 Å². The molecule has 11 heteroatoms. The van der Waals surface area contributed by atoms with Gasteiger partial charge in [0.15, 0.2) is 5.82 Å². The number of amides is 1. The van der Waals surface area contributed by atoms with Crippen molar-refractivity contribution < 1.29 is 9.18 Å². The van der Waals surface area contributed by atoms with E-state index in [1.54, 1.807) is 0 Å². The molecule has 0 saturated carbocycles. The van der Waals surface area contributed by atoms with Gasteiger partial charge in [-0.3, -0.25) is 4.79 Å². The highest BCUT2D eigenvalue weighted by molar-refractivity contribution is 6.52. The average molecular weight is 489 g/mol. The second-order valence-electron chi connectivity index (χ2n) is 6.74. The molecule has 0 bridgehead atoms. The number of aromatic nitrogens is 4. The molecule has 30 heavy (non-hydrogen) atoms. The molecule has 2 aromatic heterocycles. The summed E-state index contributed by atoms with van der Waals surface area (Å²) in [6.07, 6.45) is 3.88. The van der Waals surface area contributed by atoms with Gasteiger partial charge in [-0.2, -0.15) is 0 Å². The molecule has 3 heterocycles. The van der Waals surface area contributed by atoms with Crippen LogP contribution in [0.4, 0.5) is 10.1 Å². The second kappa shape index (κ2) is 8.67. The lowest BCUT2D eigenvalue weighted by molar-refractivity contribution is 0.102. The van der Waals surface area contributed by atoms with Gasteiger partial charge >= 0.3 is 0 Å². The first-order chi connectivity index (χ1) is 14.4.